The SMILES string of the molecule is O=S(=O)(NCC1CCC(O)C1)c1ccc(I)cc1. The Hall–Kier alpha value is -0.180. The second-order valence-electron chi connectivity index (χ2n) is 4.64. The van der Waals surface area contributed by atoms with Gasteiger partial charge in [0.25, 0.3) is 0 Å². The van der Waals surface area contributed by atoms with E-state index in [0.717, 1.165) is 16.4 Å². The number of halogens is 1. The van der Waals surface area contributed by atoms with Gasteiger partial charge >= 0.3 is 0 Å². The molecule has 0 saturated heterocycles. The summed E-state index contributed by atoms with van der Waals surface area (Å²) in [6.45, 7) is 0.408. The Labute approximate surface area is 121 Å². The zero-order valence-corrected chi connectivity index (χ0v) is 12.8. The van der Waals surface area contributed by atoms with Crippen molar-refractivity contribution >= 4 is 32.6 Å². The van der Waals surface area contributed by atoms with Crippen molar-refractivity contribution in [3.8, 4) is 0 Å². The third-order valence-corrected chi connectivity index (χ3v) is 5.36. The molecule has 0 aromatic heterocycles. The summed E-state index contributed by atoms with van der Waals surface area (Å²) in [6, 6.07) is 6.75. The predicted octanol–water partition coefficient (Wildman–Crippen LogP) is 1.73. The maximum absolute atomic E-state index is 12.0. The van der Waals surface area contributed by atoms with Gasteiger partial charge in [0.15, 0.2) is 0 Å². The summed E-state index contributed by atoms with van der Waals surface area (Å²) >= 11 is 2.14. The van der Waals surface area contributed by atoms with Crippen molar-refractivity contribution in [3.63, 3.8) is 0 Å². The van der Waals surface area contributed by atoms with E-state index in [9.17, 15) is 13.5 Å². The van der Waals surface area contributed by atoms with Crippen LogP contribution in [0.2, 0.25) is 0 Å². The van der Waals surface area contributed by atoms with E-state index in [4.69, 9.17) is 0 Å². The molecule has 6 heteroatoms. The quantitative estimate of drug-likeness (QED) is 0.781. The van der Waals surface area contributed by atoms with Gasteiger partial charge in [0.2, 0.25) is 10.0 Å². The van der Waals surface area contributed by atoms with E-state index in [0.29, 0.717) is 17.9 Å². The summed E-state index contributed by atoms with van der Waals surface area (Å²) < 4.78 is 27.6. The highest BCUT2D eigenvalue weighted by atomic mass is 127. The van der Waals surface area contributed by atoms with Crippen LogP contribution in [0.3, 0.4) is 0 Å². The Kier molecular flexibility index (Phi) is 4.63. The van der Waals surface area contributed by atoms with Gasteiger partial charge in [-0.05, 0) is 72.0 Å². The fourth-order valence-corrected chi connectivity index (χ4v) is 3.63. The van der Waals surface area contributed by atoms with Crippen molar-refractivity contribution in [3.05, 3.63) is 27.8 Å². The van der Waals surface area contributed by atoms with Crippen LogP contribution in [0.1, 0.15) is 19.3 Å². The number of aliphatic hydroxyl groups excluding tert-OH is 1. The van der Waals surface area contributed by atoms with Gasteiger partial charge in [0.1, 0.15) is 0 Å². The van der Waals surface area contributed by atoms with Crippen molar-refractivity contribution < 1.29 is 13.5 Å². The van der Waals surface area contributed by atoms with Gasteiger partial charge in [-0.15, -0.1) is 0 Å². The molecular weight excluding hydrogens is 365 g/mol. The third kappa shape index (κ3) is 3.66. The van der Waals surface area contributed by atoms with Crippen LogP contribution in [-0.4, -0.2) is 26.2 Å². The lowest BCUT2D eigenvalue weighted by atomic mass is 10.1. The highest BCUT2D eigenvalue weighted by Crippen LogP contribution is 2.25. The Morgan fingerprint density at radius 2 is 1.94 bits per heavy atom. The van der Waals surface area contributed by atoms with Gasteiger partial charge in [-0.25, -0.2) is 13.1 Å². The van der Waals surface area contributed by atoms with Gasteiger partial charge in [0.05, 0.1) is 11.0 Å². The summed E-state index contributed by atoms with van der Waals surface area (Å²) in [7, 11) is -3.42. The number of sulfonamides is 1. The van der Waals surface area contributed by atoms with Crippen molar-refractivity contribution in [1.82, 2.24) is 4.72 Å². The van der Waals surface area contributed by atoms with Crippen LogP contribution in [0.5, 0.6) is 0 Å². The molecule has 0 bridgehead atoms. The molecule has 0 aliphatic heterocycles. The second kappa shape index (κ2) is 5.85. The van der Waals surface area contributed by atoms with Crippen LogP contribution in [0, 0.1) is 9.49 Å². The van der Waals surface area contributed by atoms with Crippen LogP contribution in [0.4, 0.5) is 0 Å². The number of hydrogen-bond acceptors (Lipinski definition) is 3. The highest BCUT2D eigenvalue weighted by molar-refractivity contribution is 14.1. The topological polar surface area (TPSA) is 66.4 Å². The van der Waals surface area contributed by atoms with Crippen molar-refractivity contribution in [1.29, 1.82) is 0 Å². The third-order valence-electron chi connectivity index (χ3n) is 3.20. The van der Waals surface area contributed by atoms with Crippen LogP contribution in [0.25, 0.3) is 0 Å². The molecule has 2 N–H and O–H groups in total. The molecule has 0 heterocycles. The standard InChI is InChI=1S/C12H16INO3S/c13-10-2-5-12(6-3-10)18(16,17)14-8-9-1-4-11(15)7-9/h2-3,5-6,9,11,14-15H,1,4,7-8H2. The number of hydrogen-bond donors (Lipinski definition) is 2. The minimum absolute atomic E-state index is 0.249. The van der Waals surface area contributed by atoms with Gasteiger partial charge in [-0.3, -0.25) is 0 Å². The predicted molar refractivity (Wildman–Crippen MR) is 77.7 cm³/mol. The van der Waals surface area contributed by atoms with E-state index >= 15 is 0 Å². The monoisotopic (exact) mass is 381 g/mol. The van der Waals surface area contributed by atoms with Gasteiger partial charge in [0, 0.05) is 10.1 Å². The Morgan fingerprint density at radius 3 is 2.50 bits per heavy atom. The summed E-state index contributed by atoms with van der Waals surface area (Å²) in [5.74, 6) is 0.249. The van der Waals surface area contributed by atoms with Crippen LogP contribution < -0.4 is 4.72 Å². The van der Waals surface area contributed by atoms with Gasteiger partial charge < -0.3 is 5.11 Å². The van der Waals surface area contributed by atoms with Crippen molar-refractivity contribution in [2.75, 3.05) is 6.54 Å². The van der Waals surface area contributed by atoms with E-state index in [2.05, 4.69) is 27.3 Å². The molecule has 1 aromatic carbocycles. The lowest BCUT2D eigenvalue weighted by Crippen LogP contribution is -2.28. The largest absolute Gasteiger partial charge is 0.393 e. The Balaban J connectivity index is 1.97. The van der Waals surface area contributed by atoms with Gasteiger partial charge in [-0.1, -0.05) is 0 Å². The van der Waals surface area contributed by atoms with E-state index in [-0.39, 0.29) is 12.0 Å². The number of aliphatic hydroxyl groups is 1. The summed E-state index contributed by atoms with van der Waals surface area (Å²) in [5.41, 5.74) is 0. The summed E-state index contributed by atoms with van der Waals surface area (Å²) in [6.07, 6.45) is 2.08. The molecule has 4 nitrogen and oxygen atoms in total. The number of nitrogens with one attached hydrogen (secondary N) is 1. The molecule has 100 valence electrons. The second-order valence-corrected chi connectivity index (χ2v) is 7.65. The molecule has 2 rings (SSSR count). The fraction of sp³-hybridized carbons (Fsp3) is 0.500. The molecule has 1 aliphatic carbocycles. The lowest BCUT2D eigenvalue weighted by Gasteiger charge is -2.11. The molecule has 0 amide bonds. The Morgan fingerprint density at radius 1 is 1.28 bits per heavy atom. The van der Waals surface area contributed by atoms with E-state index < -0.39 is 10.0 Å². The first kappa shape index (κ1) is 14.2. The molecule has 1 aliphatic rings. The molecule has 18 heavy (non-hydrogen) atoms. The van der Waals surface area contributed by atoms with Crippen molar-refractivity contribution in [2.24, 2.45) is 5.92 Å². The summed E-state index contributed by atoms with van der Waals surface area (Å²) in [5, 5.41) is 9.40. The lowest BCUT2D eigenvalue weighted by molar-refractivity contribution is 0.178. The van der Waals surface area contributed by atoms with E-state index in [1.165, 1.54) is 0 Å². The maximum Gasteiger partial charge on any atom is 0.240 e. The number of rotatable bonds is 4. The van der Waals surface area contributed by atoms with Crippen LogP contribution >= 0.6 is 22.6 Å². The Bertz CT molecular complexity index is 501. The molecule has 2 unspecified atom stereocenters. The normalized spacial score (nSPS) is 24.3. The first-order valence-corrected chi connectivity index (χ1v) is 8.47. The molecule has 1 aromatic rings. The van der Waals surface area contributed by atoms with Crippen LogP contribution in [0.15, 0.2) is 29.2 Å². The first-order chi connectivity index (χ1) is 8.47. The molecular formula is C12H16INO3S. The average Bonchev–Trinajstić information content (AvgIpc) is 2.73. The smallest absolute Gasteiger partial charge is 0.240 e. The highest BCUT2D eigenvalue weighted by Gasteiger charge is 2.24. The minimum atomic E-state index is -3.42. The molecule has 1 saturated carbocycles. The van der Waals surface area contributed by atoms with Crippen LogP contribution in [-0.2, 0) is 10.0 Å². The molecule has 1 fully saturated rings. The average molecular weight is 381 g/mol. The fourth-order valence-electron chi connectivity index (χ4n) is 2.16. The summed E-state index contributed by atoms with van der Waals surface area (Å²) in [4.78, 5) is 0.293. The van der Waals surface area contributed by atoms with Crippen molar-refractivity contribution in [2.45, 2.75) is 30.3 Å². The first-order valence-electron chi connectivity index (χ1n) is 5.90. The minimum Gasteiger partial charge on any atom is -0.393 e. The number of benzene rings is 1. The van der Waals surface area contributed by atoms with E-state index in [1.807, 2.05) is 0 Å². The zero-order chi connectivity index (χ0) is 13.2. The molecule has 0 spiro atoms. The van der Waals surface area contributed by atoms with Gasteiger partial charge in [-0.2, -0.15) is 0 Å². The zero-order valence-electron chi connectivity index (χ0n) is 9.84. The maximum atomic E-state index is 12.0. The molecule has 0 radical (unpaired) electrons. The van der Waals surface area contributed by atoms with E-state index in [1.54, 1.807) is 24.3 Å². The molecule has 2 atom stereocenters.